The first-order valence-corrected chi connectivity index (χ1v) is 8.75. The lowest BCUT2D eigenvalue weighted by atomic mass is 10.2. The van der Waals surface area contributed by atoms with Crippen LogP contribution >= 0.6 is 22.6 Å². The van der Waals surface area contributed by atoms with Gasteiger partial charge in [0.15, 0.2) is 5.58 Å². The van der Waals surface area contributed by atoms with Gasteiger partial charge < -0.3 is 9.52 Å². The molecule has 0 amide bonds. The van der Waals surface area contributed by atoms with Gasteiger partial charge in [-0.15, -0.1) is 0 Å². The second kappa shape index (κ2) is 6.68. The van der Waals surface area contributed by atoms with Gasteiger partial charge in [-0.1, -0.05) is 12.1 Å². The number of aromatic nitrogens is 1. The molecule has 0 saturated heterocycles. The van der Waals surface area contributed by atoms with Crippen molar-refractivity contribution in [3.63, 3.8) is 0 Å². The normalized spacial score (nSPS) is 11.4. The Morgan fingerprint density at radius 3 is 2.60 bits per heavy atom. The molecule has 4 rings (SSSR count). The van der Waals surface area contributed by atoms with Crippen LogP contribution < -0.4 is 0 Å². The number of phenolic OH excluding ortho intramolecular Hbond substituents is 1. The number of benzene rings is 3. The number of para-hydroxylation sites is 1. The smallest absolute Gasteiger partial charge is 0.227 e. The summed E-state index contributed by atoms with van der Waals surface area (Å²) in [6, 6.07) is 20.7. The third-order valence-corrected chi connectivity index (χ3v) is 4.47. The molecule has 1 heterocycles. The van der Waals surface area contributed by atoms with Gasteiger partial charge in [0.25, 0.3) is 0 Å². The van der Waals surface area contributed by atoms with Crippen molar-refractivity contribution in [3.8, 4) is 17.2 Å². The van der Waals surface area contributed by atoms with Gasteiger partial charge >= 0.3 is 0 Å². The number of hydrogen-bond donors (Lipinski definition) is 1. The number of hydrogen-bond acceptors (Lipinski definition) is 4. The number of phenols is 1. The van der Waals surface area contributed by atoms with Crippen molar-refractivity contribution in [2.75, 3.05) is 0 Å². The van der Waals surface area contributed by atoms with Crippen LogP contribution in [0, 0.1) is 3.57 Å². The van der Waals surface area contributed by atoms with Gasteiger partial charge in [-0.25, -0.2) is 4.98 Å². The van der Waals surface area contributed by atoms with Crippen molar-refractivity contribution in [3.05, 3.63) is 75.9 Å². The molecular formula is C20H13IN2O2. The number of oxazole rings is 1. The minimum absolute atomic E-state index is 0.203. The first-order chi connectivity index (χ1) is 12.2. The average molecular weight is 440 g/mol. The van der Waals surface area contributed by atoms with Crippen LogP contribution in [0.3, 0.4) is 0 Å². The minimum Gasteiger partial charge on any atom is -0.507 e. The molecule has 1 aromatic heterocycles. The summed E-state index contributed by atoms with van der Waals surface area (Å²) >= 11 is 2.27. The highest BCUT2D eigenvalue weighted by Crippen LogP contribution is 2.27. The van der Waals surface area contributed by atoms with E-state index in [2.05, 4.69) is 32.6 Å². The van der Waals surface area contributed by atoms with E-state index in [-0.39, 0.29) is 5.75 Å². The zero-order chi connectivity index (χ0) is 17.2. The van der Waals surface area contributed by atoms with Crippen LogP contribution in [0.25, 0.3) is 22.6 Å². The molecule has 122 valence electrons. The van der Waals surface area contributed by atoms with Gasteiger partial charge in [-0.2, -0.15) is 0 Å². The molecule has 0 aliphatic rings. The molecule has 0 aliphatic carbocycles. The molecule has 0 atom stereocenters. The van der Waals surface area contributed by atoms with Crippen molar-refractivity contribution in [1.82, 2.24) is 4.98 Å². The van der Waals surface area contributed by atoms with Gasteiger partial charge in [0.05, 0.1) is 5.69 Å². The second-order valence-electron chi connectivity index (χ2n) is 5.49. The Hall–Kier alpha value is -2.67. The third kappa shape index (κ3) is 3.41. The summed E-state index contributed by atoms with van der Waals surface area (Å²) in [5.41, 5.74) is 3.83. The van der Waals surface area contributed by atoms with Crippen molar-refractivity contribution in [2.24, 2.45) is 4.99 Å². The largest absolute Gasteiger partial charge is 0.507 e. The molecule has 3 aromatic carbocycles. The molecule has 0 unspecified atom stereocenters. The molecule has 0 saturated carbocycles. The maximum atomic E-state index is 9.79. The minimum atomic E-state index is 0.203. The number of nitrogens with zero attached hydrogens (tertiary/aromatic N) is 2. The van der Waals surface area contributed by atoms with E-state index in [1.165, 1.54) is 3.57 Å². The average Bonchev–Trinajstić information content (AvgIpc) is 3.05. The fourth-order valence-corrected chi connectivity index (χ4v) is 2.81. The maximum Gasteiger partial charge on any atom is 0.227 e. The summed E-state index contributed by atoms with van der Waals surface area (Å²) in [6.07, 6.45) is 1.64. The third-order valence-electron chi connectivity index (χ3n) is 3.75. The molecule has 0 aliphatic heterocycles. The monoisotopic (exact) mass is 440 g/mol. The van der Waals surface area contributed by atoms with Gasteiger partial charge in [0.2, 0.25) is 5.89 Å². The highest BCUT2D eigenvalue weighted by atomic mass is 127. The predicted molar refractivity (Wildman–Crippen MR) is 108 cm³/mol. The molecule has 0 spiro atoms. The molecule has 4 aromatic rings. The van der Waals surface area contributed by atoms with E-state index in [0.29, 0.717) is 11.5 Å². The van der Waals surface area contributed by atoms with Crippen LogP contribution in [0.5, 0.6) is 5.75 Å². The summed E-state index contributed by atoms with van der Waals surface area (Å²) in [5, 5.41) is 9.79. The number of halogens is 1. The molecule has 4 nitrogen and oxygen atoms in total. The van der Waals surface area contributed by atoms with E-state index < -0.39 is 0 Å². The van der Waals surface area contributed by atoms with Crippen molar-refractivity contribution >= 4 is 45.6 Å². The first-order valence-electron chi connectivity index (χ1n) is 7.68. The molecule has 0 fully saturated rings. The van der Waals surface area contributed by atoms with Gasteiger partial charge in [-0.05, 0) is 77.2 Å². The maximum absolute atomic E-state index is 9.79. The van der Waals surface area contributed by atoms with Crippen LogP contribution in [-0.4, -0.2) is 16.3 Å². The molecular weight excluding hydrogens is 427 g/mol. The summed E-state index contributed by atoms with van der Waals surface area (Å²) in [6.45, 7) is 0. The van der Waals surface area contributed by atoms with Gasteiger partial charge in [0, 0.05) is 20.9 Å². The Kier molecular flexibility index (Phi) is 4.23. The lowest BCUT2D eigenvalue weighted by Gasteiger charge is -1.97. The zero-order valence-electron chi connectivity index (χ0n) is 13.1. The SMILES string of the molecule is Oc1ccccc1C=Nc1ccc2oc(-c3ccc(I)cc3)nc2c1. The van der Waals surface area contributed by atoms with Crippen molar-refractivity contribution in [1.29, 1.82) is 0 Å². The Bertz CT molecular complexity index is 1070. The van der Waals surface area contributed by atoms with Crippen molar-refractivity contribution < 1.29 is 9.52 Å². The first kappa shape index (κ1) is 15.8. The zero-order valence-corrected chi connectivity index (χ0v) is 15.2. The lowest BCUT2D eigenvalue weighted by Crippen LogP contribution is -1.80. The van der Waals surface area contributed by atoms with Gasteiger partial charge in [0.1, 0.15) is 11.3 Å². The topological polar surface area (TPSA) is 58.6 Å². The lowest BCUT2D eigenvalue weighted by molar-refractivity contribution is 0.474. The van der Waals surface area contributed by atoms with Crippen LogP contribution in [-0.2, 0) is 0 Å². The number of aromatic hydroxyl groups is 1. The van der Waals surface area contributed by atoms with Crippen molar-refractivity contribution in [2.45, 2.75) is 0 Å². The Balaban J connectivity index is 1.66. The van der Waals surface area contributed by atoms with E-state index in [0.717, 1.165) is 22.4 Å². The molecule has 0 radical (unpaired) electrons. The number of fused-ring (bicyclic) bond motifs is 1. The highest BCUT2D eigenvalue weighted by Gasteiger charge is 2.08. The van der Waals surface area contributed by atoms with Crippen LogP contribution in [0.4, 0.5) is 5.69 Å². The molecule has 1 N–H and O–H groups in total. The summed E-state index contributed by atoms with van der Waals surface area (Å²) in [7, 11) is 0. The fourth-order valence-electron chi connectivity index (χ4n) is 2.45. The quantitative estimate of drug-likeness (QED) is 0.336. The van der Waals surface area contributed by atoms with E-state index >= 15 is 0 Å². The van der Waals surface area contributed by atoms with E-state index in [1.807, 2.05) is 54.6 Å². The van der Waals surface area contributed by atoms with E-state index in [1.54, 1.807) is 18.3 Å². The van der Waals surface area contributed by atoms with Crippen LogP contribution in [0.15, 0.2) is 76.1 Å². The molecule has 5 heteroatoms. The Morgan fingerprint density at radius 1 is 1.00 bits per heavy atom. The summed E-state index contributed by atoms with van der Waals surface area (Å²) in [4.78, 5) is 8.97. The number of rotatable bonds is 3. The van der Waals surface area contributed by atoms with Crippen LogP contribution in [0.1, 0.15) is 5.56 Å². The highest BCUT2D eigenvalue weighted by molar-refractivity contribution is 14.1. The molecule has 25 heavy (non-hydrogen) atoms. The van der Waals surface area contributed by atoms with E-state index in [4.69, 9.17) is 4.42 Å². The summed E-state index contributed by atoms with van der Waals surface area (Å²) < 4.78 is 6.99. The Morgan fingerprint density at radius 2 is 1.80 bits per heavy atom. The predicted octanol–water partition coefficient (Wildman–Crippen LogP) is 5.56. The van der Waals surface area contributed by atoms with E-state index in [9.17, 15) is 5.11 Å². The summed E-state index contributed by atoms with van der Waals surface area (Å²) in [5.74, 6) is 0.794. The molecule has 0 bridgehead atoms. The van der Waals surface area contributed by atoms with Crippen LogP contribution in [0.2, 0.25) is 0 Å². The standard InChI is InChI=1S/C20H13IN2O2/c21-15-7-5-13(6-8-15)20-23-17-11-16(9-10-19(17)25-20)22-12-14-3-1-2-4-18(14)24/h1-12,24H. The van der Waals surface area contributed by atoms with Gasteiger partial charge in [-0.3, -0.25) is 4.99 Å². The fraction of sp³-hybridized carbons (Fsp3) is 0. The second-order valence-corrected chi connectivity index (χ2v) is 6.74. The Labute approximate surface area is 158 Å². The number of aliphatic imine (C=N–C) groups is 1.